The van der Waals surface area contributed by atoms with Gasteiger partial charge in [-0.05, 0) is 36.8 Å². The molecule has 1 unspecified atom stereocenters. The zero-order chi connectivity index (χ0) is 15.2. The van der Waals surface area contributed by atoms with Crippen molar-refractivity contribution in [3.63, 3.8) is 0 Å². The maximum atomic E-state index is 12.4. The van der Waals surface area contributed by atoms with Crippen molar-refractivity contribution in [2.24, 2.45) is 0 Å². The molecule has 4 heteroatoms. The second kappa shape index (κ2) is 7.25. The van der Waals surface area contributed by atoms with E-state index in [1.165, 1.54) is 12.7 Å². The maximum Gasteiger partial charge on any atom is 0.305 e. The summed E-state index contributed by atoms with van der Waals surface area (Å²) in [6.45, 7) is 2.99. The highest BCUT2D eigenvalue weighted by molar-refractivity contribution is 5.94. The second-order valence-corrected chi connectivity index (χ2v) is 5.58. The van der Waals surface area contributed by atoms with E-state index in [2.05, 4.69) is 17.7 Å². The number of rotatable bonds is 5. The smallest absolute Gasteiger partial charge is 0.305 e. The minimum absolute atomic E-state index is 0.152. The number of hydrogen-bond acceptors (Lipinski definition) is 3. The summed E-state index contributed by atoms with van der Waals surface area (Å²) >= 11 is 0. The average molecular weight is 289 g/mol. The molecule has 0 bridgehead atoms. The molecule has 0 aromatic heterocycles. The van der Waals surface area contributed by atoms with E-state index >= 15 is 0 Å². The lowest BCUT2D eigenvalue weighted by Gasteiger charge is -2.33. The third-order valence-electron chi connectivity index (χ3n) is 4.09. The van der Waals surface area contributed by atoms with Gasteiger partial charge in [-0.2, -0.15) is 0 Å². The van der Waals surface area contributed by atoms with Crippen molar-refractivity contribution in [2.75, 3.05) is 18.6 Å². The van der Waals surface area contributed by atoms with Gasteiger partial charge in [0.2, 0.25) is 5.91 Å². The molecule has 21 heavy (non-hydrogen) atoms. The van der Waals surface area contributed by atoms with Gasteiger partial charge in [0.25, 0.3) is 0 Å². The predicted molar refractivity (Wildman–Crippen MR) is 82.3 cm³/mol. The Hall–Kier alpha value is -1.84. The molecular formula is C17H23NO3. The molecule has 1 amide bonds. The Bertz CT molecular complexity index is 513. The highest BCUT2D eigenvalue weighted by atomic mass is 16.5. The highest BCUT2D eigenvalue weighted by Gasteiger charge is 2.25. The number of nitrogens with zero attached hydrogens (tertiary/aromatic N) is 1. The molecule has 0 fully saturated rings. The number of fused-ring (bicyclic) bond motifs is 1. The Balaban J connectivity index is 1.92. The zero-order valence-corrected chi connectivity index (χ0v) is 12.8. The third kappa shape index (κ3) is 3.84. The Morgan fingerprint density at radius 1 is 1.24 bits per heavy atom. The number of amides is 1. The number of methoxy groups -OCH3 is 1. The second-order valence-electron chi connectivity index (χ2n) is 5.58. The van der Waals surface area contributed by atoms with Crippen molar-refractivity contribution in [3.8, 4) is 0 Å². The van der Waals surface area contributed by atoms with Crippen LogP contribution in [0.1, 0.15) is 50.5 Å². The minimum atomic E-state index is -0.209. The van der Waals surface area contributed by atoms with Gasteiger partial charge >= 0.3 is 5.97 Å². The van der Waals surface area contributed by atoms with Crippen LogP contribution in [0.3, 0.4) is 0 Å². The number of carbonyl (C=O) groups excluding carboxylic acids is 2. The van der Waals surface area contributed by atoms with Gasteiger partial charge in [0.1, 0.15) is 0 Å². The molecular weight excluding hydrogens is 266 g/mol. The number of anilines is 1. The van der Waals surface area contributed by atoms with Crippen LogP contribution in [0.2, 0.25) is 0 Å². The molecule has 1 atom stereocenters. The topological polar surface area (TPSA) is 46.6 Å². The molecule has 0 saturated carbocycles. The van der Waals surface area contributed by atoms with Crippen LogP contribution in [-0.2, 0) is 14.3 Å². The third-order valence-corrected chi connectivity index (χ3v) is 4.09. The number of esters is 1. The Kier molecular flexibility index (Phi) is 5.37. The molecule has 1 aliphatic heterocycles. The van der Waals surface area contributed by atoms with Crippen molar-refractivity contribution >= 4 is 17.6 Å². The van der Waals surface area contributed by atoms with Gasteiger partial charge in [0, 0.05) is 25.1 Å². The number of para-hydroxylation sites is 1. The first-order valence-electron chi connectivity index (χ1n) is 7.59. The lowest BCUT2D eigenvalue weighted by atomic mass is 9.91. The van der Waals surface area contributed by atoms with E-state index in [0.29, 0.717) is 25.2 Å². The van der Waals surface area contributed by atoms with E-state index in [0.717, 1.165) is 25.1 Å². The molecule has 2 rings (SSSR count). The van der Waals surface area contributed by atoms with Crippen molar-refractivity contribution < 1.29 is 14.3 Å². The van der Waals surface area contributed by atoms with Crippen LogP contribution in [0.5, 0.6) is 0 Å². The van der Waals surface area contributed by atoms with Crippen molar-refractivity contribution in [2.45, 2.75) is 44.9 Å². The predicted octanol–water partition coefficient (Wildman–Crippen LogP) is 3.26. The monoisotopic (exact) mass is 289 g/mol. The van der Waals surface area contributed by atoms with Crippen LogP contribution in [0.25, 0.3) is 0 Å². The highest BCUT2D eigenvalue weighted by Crippen LogP contribution is 2.35. The summed E-state index contributed by atoms with van der Waals surface area (Å²) in [4.78, 5) is 25.3. The summed E-state index contributed by atoms with van der Waals surface area (Å²) in [5, 5.41) is 0. The lowest BCUT2D eigenvalue weighted by Crippen LogP contribution is -2.36. The van der Waals surface area contributed by atoms with Crippen LogP contribution in [0, 0.1) is 0 Å². The molecule has 0 spiro atoms. The standard InChI is InChI=1S/C17H23NO3/c1-13-11-12-18(15-8-4-3-7-14(13)15)16(19)9-5-6-10-17(20)21-2/h3-4,7-8,13H,5-6,9-12H2,1-2H3. The molecule has 0 radical (unpaired) electrons. The van der Waals surface area contributed by atoms with Crippen molar-refractivity contribution in [3.05, 3.63) is 29.8 Å². The normalized spacial score (nSPS) is 17.2. The number of ether oxygens (including phenoxy) is 1. The SMILES string of the molecule is COC(=O)CCCCC(=O)N1CCC(C)c2ccccc21. The molecule has 0 N–H and O–H groups in total. The van der Waals surface area contributed by atoms with Gasteiger partial charge in [-0.25, -0.2) is 0 Å². The van der Waals surface area contributed by atoms with Crippen LogP contribution >= 0.6 is 0 Å². The Labute approximate surface area is 126 Å². The summed E-state index contributed by atoms with van der Waals surface area (Å²) < 4.78 is 4.60. The Morgan fingerprint density at radius 2 is 1.95 bits per heavy atom. The molecule has 1 heterocycles. The number of unbranched alkanes of at least 4 members (excludes halogenated alkanes) is 1. The quantitative estimate of drug-likeness (QED) is 0.617. The first-order valence-corrected chi connectivity index (χ1v) is 7.59. The molecule has 114 valence electrons. The van der Waals surface area contributed by atoms with E-state index in [-0.39, 0.29) is 11.9 Å². The number of carbonyl (C=O) groups is 2. The Morgan fingerprint density at radius 3 is 2.71 bits per heavy atom. The molecule has 1 aliphatic rings. The van der Waals surface area contributed by atoms with Crippen LogP contribution in [-0.4, -0.2) is 25.5 Å². The van der Waals surface area contributed by atoms with Gasteiger partial charge in [0.05, 0.1) is 7.11 Å². The molecule has 0 saturated heterocycles. The van der Waals surface area contributed by atoms with Crippen molar-refractivity contribution in [1.82, 2.24) is 0 Å². The van der Waals surface area contributed by atoms with Crippen LogP contribution < -0.4 is 4.90 Å². The summed E-state index contributed by atoms with van der Waals surface area (Å²) in [5.41, 5.74) is 2.31. The molecule has 0 aliphatic carbocycles. The van der Waals surface area contributed by atoms with Gasteiger partial charge in [0.15, 0.2) is 0 Å². The van der Waals surface area contributed by atoms with Crippen molar-refractivity contribution in [1.29, 1.82) is 0 Å². The fourth-order valence-corrected chi connectivity index (χ4v) is 2.79. The van der Waals surface area contributed by atoms with E-state index in [4.69, 9.17) is 0 Å². The molecule has 4 nitrogen and oxygen atoms in total. The van der Waals surface area contributed by atoms with Gasteiger partial charge in [-0.1, -0.05) is 25.1 Å². The van der Waals surface area contributed by atoms with E-state index < -0.39 is 0 Å². The van der Waals surface area contributed by atoms with Gasteiger partial charge in [-0.3, -0.25) is 9.59 Å². The average Bonchev–Trinajstić information content (AvgIpc) is 2.51. The minimum Gasteiger partial charge on any atom is -0.469 e. The van der Waals surface area contributed by atoms with E-state index in [9.17, 15) is 9.59 Å². The fraction of sp³-hybridized carbons (Fsp3) is 0.529. The van der Waals surface area contributed by atoms with Crippen LogP contribution in [0.4, 0.5) is 5.69 Å². The summed E-state index contributed by atoms with van der Waals surface area (Å²) in [7, 11) is 1.39. The number of hydrogen-bond donors (Lipinski definition) is 0. The lowest BCUT2D eigenvalue weighted by molar-refractivity contribution is -0.140. The number of benzene rings is 1. The van der Waals surface area contributed by atoms with Gasteiger partial charge < -0.3 is 9.64 Å². The van der Waals surface area contributed by atoms with Crippen LogP contribution in [0.15, 0.2) is 24.3 Å². The van der Waals surface area contributed by atoms with E-state index in [1.54, 1.807) is 0 Å². The largest absolute Gasteiger partial charge is 0.469 e. The first-order chi connectivity index (χ1) is 10.1. The summed E-state index contributed by atoms with van der Waals surface area (Å²) in [6, 6.07) is 8.14. The zero-order valence-electron chi connectivity index (χ0n) is 12.8. The summed E-state index contributed by atoms with van der Waals surface area (Å²) in [6.07, 6.45) is 3.30. The van der Waals surface area contributed by atoms with E-state index in [1.807, 2.05) is 23.1 Å². The molecule has 1 aromatic rings. The maximum absolute atomic E-state index is 12.4. The summed E-state index contributed by atoms with van der Waals surface area (Å²) in [5.74, 6) is 0.448. The first kappa shape index (κ1) is 15.5. The van der Waals surface area contributed by atoms with Gasteiger partial charge in [-0.15, -0.1) is 0 Å². The fourth-order valence-electron chi connectivity index (χ4n) is 2.79. The molecule has 1 aromatic carbocycles.